The molecule has 8 heteroatoms. The van der Waals surface area contributed by atoms with Gasteiger partial charge in [-0.05, 0) is 36.0 Å². The van der Waals surface area contributed by atoms with Gasteiger partial charge in [-0.15, -0.1) is 10.2 Å². The zero-order chi connectivity index (χ0) is 22.9. The van der Waals surface area contributed by atoms with Crippen molar-refractivity contribution in [1.82, 2.24) is 24.1 Å². The first kappa shape index (κ1) is 21.7. The largest absolute Gasteiger partial charge is 0.341 e. The molecular formula is C25H27N5O2S. The molecule has 1 aliphatic rings. The first-order valence-corrected chi connectivity index (χ1v) is 12.3. The molecule has 5 rings (SSSR count). The molecule has 4 aromatic rings. The maximum atomic E-state index is 13.3. The van der Waals surface area contributed by atoms with Gasteiger partial charge in [-0.1, -0.05) is 68.1 Å². The fourth-order valence-electron chi connectivity index (χ4n) is 4.82. The van der Waals surface area contributed by atoms with Crippen molar-refractivity contribution in [2.24, 2.45) is 11.8 Å². The lowest BCUT2D eigenvalue weighted by molar-refractivity contribution is -0.130. The lowest BCUT2D eigenvalue weighted by Gasteiger charge is -2.34. The molecule has 0 bridgehead atoms. The number of aromatic nitrogens is 4. The standard InChI is InChI=1S/C25H27N5O2S/c1-17-12-18(2)14-28(13-17)22(31)16-33-25-27-26-24-29(15-19-8-4-3-5-9-19)23(32)20-10-6-7-11-21(20)30(24)25/h3-11,17-18H,12-16H2,1-2H3. The Kier molecular flexibility index (Phi) is 5.93. The average molecular weight is 462 g/mol. The van der Waals surface area contributed by atoms with Crippen LogP contribution in [-0.2, 0) is 11.3 Å². The number of likely N-dealkylation sites (tertiary alicyclic amines) is 1. The van der Waals surface area contributed by atoms with Gasteiger partial charge in [-0.3, -0.25) is 18.6 Å². The molecule has 2 aromatic heterocycles. The minimum atomic E-state index is -0.0988. The Hall–Kier alpha value is -3.13. The summed E-state index contributed by atoms with van der Waals surface area (Å²) in [7, 11) is 0. The molecule has 2 aromatic carbocycles. The maximum absolute atomic E-state index is 13.3. The van der Waals surface area contributed by atoms with Gasteiger partial charge in [0.1, 0.15) is 0 Å². The second-order valence-electron chi connectivity index (χ2n) is 9.05. The number of nitrogens with zero attached hydrogens (tertiary/aromatic N) is 5. The van der Waals surface area contributed by atoms with Crippen LogP contribution in [0.25, 0.3) is 16.7 Å². The van der Waals surface area contributed by atoms with E-state index in [-0.39, 0.29) is 11.5 Å². The SMILES string of the molecule is CC1CC(C)CN(C(=O)CSc2nnc3n(Cc4ccccc4)c(=O)c4ccccc4n23)C1. The topological polar surface area (TPSA) is 72.5 Å². The average Bonchev–Trinajstić information content (AvgIpc) is 3.24. The molecule has 33 heavy (non-hydrogen) atoms. The minimum Gasteiger partial charge on any atom is -0.341 e. The Balaban J connectivity index is 1.50. The van der Waals surface area contributed by atoms with Crippen molar-refractivity contribution in [3.05, 3.63) is 70.5 Å². The summed E-state index contributed by atoms with van der Waals surface area (Å²) in [5.74, 6) is 1.95. The second-order valence-corrected chi connectivity index (χ2v) is 9.99. The molecule has 1 aliphatic heterocycles. The van der Waals surface area contributed by atoms with Crippen LogP contribution in [-0.4, -0.2) is 48.8 Å². The summed E-state index contributed by atoms with van der Waals surface area (Å²) < 4.78 is 3.56. The number of rotatable bonds is 5. The Labute approximate surface area is 196 Å². The number of carbonyl (C=O) groups is 1. The van der Waals surface area contributed by atoms with Crippen LogP contribution in [0.3, 0.4) is 0 Å². The molecule has 1 fully saturated rings. The van der Waals surface area contributed by atoms with Gasteiger partial charge in [0, 0.05) is 13.1 Å². The number of amides is 1. The fraction of sp³-hybridized carbons (Fsp3) is 0.360. The van der Waals surface area contributed by atoms with Gasteiger partial charge in [0.25, 0.3) is 5.56 Å². The van der Waals surface area contributed by atoms with Gasteiger partial charge in [-0.2, -0.15) is 0 Å². The maximum Gasteiger partial charge on any atom is 0.263 e. The number of fused-ring (bicyclic) bond motifs is 3. The van der Waals surface area contributed by atoms with Crippen LogP contribution < -0.4 is 5.56 Å². The monoisotopic (exact) mass is 461 g/mol. The van der Waals surface area contributed by atoms with Crippen molar-refractivity contribution in [3.8, 4) is 0 Å². The zero-order valence-corrected chi connectivity index (χ0v) is 19.7. The highest BCUT2D eigenvalue weighted by Gasteiger charge is 2.26. The van der Waals surface area contributed by atoms with Crippen molar-refractivity contribution in [1.29, 1.82) is 0 Å². The van der Waals surface area contributed by atoms with E-state index < -0.39 is 0 Å². The predicted octanol–water partition coefficient (Wildman–Crippen LogP) is 3.69. The van der Waals surface area contributed by atoms with Crippen LogP contribution in [0.1, 0.15) is 25.8 Å². The number of piperidine rings is 1. The number of hydrogen-bond donors (Lipinski definition) is 0. The van der Waals surface area contributed by atoms with Gasteiger partial charge in [0.15, 0.2) is 5.16 Å². The Bertz CT molecular complexity index is 1350. The van der Waals surface area contributed by atoms with Gasteiger partial charge in [0.2, 0.25) is 11.7 Å². The van der Waals surface area contributed by atoms with Crippen LogP contribution >= 0.6 is 11.8 Å². The Morgan fingerprint density at radius 1 is 1.00 bits per heavy atom. The van der Waals surface area contributed by atoms with E-state index in [0.717, 1.165) is 30.6 Å². The smallest absolute Gasteiger partial charge is 0.263 e. The van der Waals surface area contributed by atoms with E-state index in [9.17, 15) is 9.59 Å². The van der Waals surface area contributed by atoms with Crippen LogP contribution in [0.5, 0.6) is 0 Å². The van der Waals surface area contributed by atoms with E-state index in [1.54, 1.807) is 4.57 Å². The lowest BCUT2D eigenvalue weighted by atomic mass is 9.92. The molecule has 1 saturated heterocycles. The van der Waals surface area contributed by atoms with Crippen LogP contribution in [0.2, 0.25) is 0 Å². The molecule has 0 saturated carbocycles. The first-order valence-electron chi connectivity index (χ1n) is 11.3. The Morgan fingerprint density at radius 2 is 1.70 bits per heavy atom. The third kappa shape index (κ3) is 4.27. The highest BCUT2D eigenvalue weighted by atomic mass is 32.2. The van der Waals surface area contributed by atoms with Gasteiger partial charge in [0.05, 0.1) is 23.2 Å². The van der Waals surface area contributed by atoms with Crippen LogP contribution in [0, 0.1) is 11.8 Å². The molecule has 3 heterocycles. The predicted molar refractivity (Wildman–Crippen MR) is 131 cm³/mol. The summed E-state index contributed by atoms with van der Waals surface area (Å²) in [6.07, 6.45) is 1.16. The molecule has 170 valence electrons. The molecule has 0 spiro atoms. The van der Waals surface area contributed by atoms with Crippen molar-refractivity contribution >= 4 is 34.3 Å². The second kappa shape index (κ2) is 9.02. The lowest BCUT2D eigenvalue weighted by Crippen LogP contribution is -2.43. The normalized spacial score (nSPS) is 18.8. The quantitative estimate of drug-likeness (QED) is 0.424. The molecular weight excluding hydrogens is 434 g/mol. The highest BCUT2D eigenvalue weighted by molar-refractivity contribution is 7.99. The van der Waals surface area contributed by atoms with Crippen molar-refractivity contribution < 1.29 is 4.79 Å². The number of para-hydroxylation sites is 1. The van der Waals surface area contributed by atoms with E-state index in [1.165, 1.54) is 11.8 Å². The summed E-state index contributed by atoms with van der Waals surface area (Å²) in [6.45, 7) is 6.42. The number of benzene rings is 2. The number of carbonyl (C=O) groups excluding carboxylic acids is 1. The third-order valence-electron chi connectivity index (χ3n) is 6.21. The molecule has 2 atom stereocenters. The van der Waals surface area contributed by atoms with Gasteiger partial charge >= 0.3 is 0 Å². The van der Waals surface area contributed by atoms with Crippen molar-refractivity contribution in [2.75, 3.05) is 18.8 Å². The number of thioether (sulfide) groups is 1. The highest BCUT2D eigenvalue weighted by Crippen LogP contribution is 2.25. The minimum absolute atomic E-state index is 0.0988. The Morgan fingerprint density at radius 3 is 2.45 bits per heavy atom. The molecule has 1 amide bonds. The van der Waals surface area contributed by atoms with Gasteiger partial charge in [-0.25, -0.2) is 0 Å². The molecule has 0 radical (unpaired) electrons. The van der Waals surface area contributed by atoms with Crippen molar-refractivity contribution in [2.45, 2.75) is 32.0 Å². The van der Waals surface area contributed by atoms with E-state index >= 15 is 0 Å². The van der Waals surface area contributed by atoms with E-state index in [4.69, 9.17) is 0 Å². The fourth-order valence-corrected chi connectivity index (χ4v) is 5.66. The molecule has 0 aliphatic carbocycles. The van der Waals surface area contributed by atoms with Crippen LogP contribution in [0.4, 0.5) is 0 Å². The van der Waals surface area contributed by atoms with E-state index in [0.29, 0.717) is 40.5 Å². The summed E-state index contributed by atoms with van der Waals surface area (Å²) in [5.41, 5.74) is 1.66. The molecule has 7 nitrogen and oxygen atoms in total. The zero-order valence-electron chi connectivity index (χ0n) is 18.8. The summed E-state index contributed by atoms with van der Waals surface area (Å²) in [5, 5.41) is 9.98. The summed E-state index contributed by atoms with van der Waals surface area (Å²) in [4.78, 5) is 28.2. The third-order valence-corrected chi connectivity index (χ3v) is 7.12. The molecule has 2 unspecified atom stereocenters. The molecule has 0 N–H and O–H groups in total. The van der Waals surface area contributed by atoms with Crippen molar-refractivity contribution in [3.63, 3.8) is 0 Å². The van der Waals surface area contributed by atoms with Crippen LogP contribution in [0.15, 0.2) is 64.5 Å². The van der Waals surface area contributed by atoms with E-state index in [2.05, 4.69) is 24.0 Å². The van der Waals surface area contributed by atoms with Gasteiger partial charge < -0.3 is 4.90 Å². The summed E-state index contributed by atoms with van der Waals surface area (Å²) >= 11 is 1.38. The van der Waals surface area contributed by atoms with E-state index in [1.807, 2.05) is 63.9 Å². The summed E-state index contributed by atoms with van der Waals surface area (Å²) in [6, 6.07) is 17.3. The first-order chi connectivity index (χ1) is 16.0. The number of hydrogen-bond acceptors (Lipinski definition) is 5.